The highest BCUT2D eigenvalue weighted by molar-refractivity contribution is 7.98. The highest BCUT2D eigenvalue weighted by atomic mass is 32.2. The van der Waals surface area contributed by atoms with Gasteiger partial charge in [0.05, 0.1) is 5.75 Å². The molecule has 0 saturated heterocycles. The van der Waals surface area contributed by atoms with E-state index >= 15 is 0 Å². The number of aromatic amines is 2. The lowest BCUT2D eigenvalue weighted by molar-refractivity contribution is 0.464. The molecule has 11 heteroatoms. The summed E-state index contributed by atoms with van der Waals surface area (Å²) in [6, 6.07) is 3.70. The van der Waals surface area contributed by atoms with Gasteiger partial charge in [-0.25, -0.2) is 9.78 Å². The van der Waals surface area contributed by atoms with Gasteiger partial charge < -0.3 is 14.0 Å². The lowest BCUT2D eigenvalue weighted by Crippen LogP contribution is -2.31. The highest BCUT2D eigenvalue weighted by Gasteiger charge is 2.19. The fourth-order valence-electron chi connectivity index (χ4n) is 3.16. The number of fused-ring (bicyclic) bond motifs is 1. The van der Waals surface area contributed by atoms with Crippen molar-refractivity contribution in [3.05, 3.63) is 45.0 Å². The molecule has 0 bridgehead atoms. The minimum absolute atomic E-state index is 0.404. The molecule has 0 aliphatic heterocycles. The van der Waals surface area contributed by atoms with Crippen LogP contribution in [0.5, 0.6) is 0 Å². The molecule has 0 spiro atoms. The Kier molecular flexibility index (Phi) is 5.38. The molecule has 0 amide bonds. The zero-order valence-corrected chi connectivity index (χ0v) is 17.0. The minimum Gasteiger partial charge on any atom is -0.410 e. The largest absolute Gasteiger partial charge is 0.410 e. The van der Waals surface area contributed by atoms with Crippen molar-refractivity contribution in [1.29, 1.82) is 0 Å². The first-order valence-corrected chi connectivity index (χ1v) is 10.4. The Balaban J connectivity index is 1.66. The van der Waals surface area contributed by atoms with E-state index in [-0.39, 0.29) is 0 Å². The fraction of sp³-hybridized carbons (Fsp3) is 0.389. The molecule has 0 radical (unpaired) electrons. The van der Waals surface area contributed by atoms with Crippen molar-refractivity contribution in [2.45, 2.75) is 50.8 Å². The van der Waals surface area contributed by atoms with Crippen LogP contribution in [0.15, 0.2) is 37.6 Å². The summed E-state index contributed by atoms with van der Waals surface area (Å²) in [4.78, 5) is 34.8. The molecule has 10 nitrogen and oxygen atoms in total. The van der Waals surface area contributed by atoms with Crippen molar-refractivity contribution in [2.75, 3.05) is 0 Å². The summed E-state index contributed by atoms with van der Waals surface area (Å²) in [6.45, 7) is 5.05. The average molecular weight is 415 g/mol. The summed E-state index contributed by atoms with van der Waals surface area (Å²) >= 11 is 1.33. The Labute approximate surface area is 169 Å². The van der Waals surface area contributed by atoms with E-state index in [4.69, 9.17) is 4.42 Å². The third-order valence-electron chi connectivity index (χ3n) is 4.58. The minimum atomic E-state index is -0.427. The Hall–Kier alpha value is -3.08. The number of imidazole rings is 1. The van der Waals surface area contributed by atoms with Gasteiger partial charge in [0.1, 0.15) is 11.5 Å². The van der Waals surface area contributed by atoms with Gasteiger partial charge in [0.25, 0.3) is 16.7 Å². The first-order valence-electron chi connectivity index (χ1n) is 9.44. The van der Waals surface area contributed by atoms with E-state index in [1.807, 2.05) is 30.5 Å². The van der Waals surface area contributed by atoms with Gasteiger partial charge in [-0.15, -0.1) is 10.2 Å². The second kappa shape index (κ2) is 8.11. The van der Waals surface area contributed by atoms with Crippen molar-refractivity contribution in [3.8, 4) is 11.6 Å². The molecule has 4 aromatic rings. The Morgan fingerprint density at radius 2 is 2.07 bits per heavy atom. The quantitative estimate of drug-likeness (QED) is 0.423. The summed E-state index contributed by atoms with van der Waals surface area (Å²) in [5.41, 5.74) is 0.730. The maximum atomic E-state index is 12.4. The maximum absolute atomic E-state index is 12.4. The Morgan fingerprint density at radius 1 is 1.21 bits per heavy atom. The van der Waals surface area contributed by atoms with E-state index in [1.54, 1.807) is 6.20 Å². The number of thioether (sulfide) groups is 1. The molecule has 4 rings (SSSR count). The maximum Gasteiger partial charge on any atom is 0.330 e. The number of hydrogen-bond acceptors (Lipinski definition) is 7. The van der Waals surface area contributed by atoms with Crippen LogP contribution >= 0.6 is 11.8 Å². The Bertz CT molecular complexity index is 1230. The van der Waals surface area contributed by atoms with Crippen LogP contribution in [0.2, 0.25) is 0 Å². The Morgan fingerprint density at radius 3 is 2.79 bits per heavy atom. The first-order chi connectivity index (χ1) is 14.1. The number of aryl methyl sites for hydroxylation is 2. The molecule has 0 unspecified atom stereocenters. The van der Waals surface area contributed by atoms with Gasteiger partial charge in [-0.3, -0.25) is 14.3 Å². The molecular weight excluding hydrogens is 394 g/mol. The lowest BCUT2D eigenvalue weighted by atomic mass is 10.3. The summed E-state index contributed by atoms with van der Waals surface area (Å²) in [7, 11) is 0. The van der Waals surface area contributed by atoms with E-state index in [2.05, 4.69) is 25.1 Å². The molecule has 152 valence electrons. The smallest absolute Gasteiger partial charge is 0.330 e. The zero-order valence-electron chi connectivity index (χ0n) is 16.1. The number of H-pyrrole nitrogens is 2. The van der Waals surface area contributed by atoms with E-state index in [9.17, 15) is 9.59 Å². The van der Waals surface area contributed by atoms with Crippen LogP contribution in [0, 0.1) is 0 Å². The van der Waals surface area contributed by atoms with Crippen LogP contribution in [0.4, 0.5) is 0 Å². The number of hydrogen-bond donors (Lipinski definition) is 2. The van der Waals surface area contributed by atoms with Crippen molar-refractivity contribution in [3.63, 3.8) is 0 Å². The van der Waals surface area contributed by atoms with Gasteiger partial charge in [-0.1, -0.05) is 25.1 Å². The standard InChI is InChI=1S/C18H21N7O3S/c1-3-5-9-25-14-13(15(26)21-17(25)27)24(4-2)12(20-14)10-29-18-23-22-16(28-18)11-7-6-8-19-11/h6-8,19H,3-5,9-10H2,1-2H3,(H,21,26,27). The van der Waals surface area contributed by atoms with Crippen LogP contribution in [0.3, 0.4) is 0 Å². The number of nitrogens with one attached hydrogen (secondary N) is 2. The number of unbranched alkanes of at least 4 members (excludes halogenated alkanes) is 1. The molecular formula is C18H21N7O3S. The van der Waals surface area contributed by atoms with Gasteiger partial charge >= 0.3 is 5.69 Å². The summed E-state index contributed by atoms with van der Waals surface area (Å²) in [6.07, 6.45) is 3.55. The van der Waals surface area contributed by atoms with Crippen LogP contribution in [-0.4, -0.2) is 34.3 Å². The molecule has 0 aliphatic carbocycles. The number of rotatable bonds is 8. The molecule has 0 fully saturated rings. The molecule has 4 heterocycles. The van der Waals surface area contributed by atoms with Gasteiger partial charge in [-0.05, 0) is 25.5 Å². The van der Waals surface area contributed by atoms with Crippen molar-refractivity contribution < 1.29 is 4.42 Å². The normalized spacial score (nSPS) is 11.5. The zero-order chi connectivity index (χ0) is 20.4. The average Bonchev–Trinajstić information content (AvgIpc) is 3.44. The predicted octanol–water partition coefficient (Wildman–Crippen LogP) is 2.38. The van der Waals surface area contributed by atoms with Gasteiger partial charge in [0, 0.05) is 19.3 Å². The highest BCUT2D eigenvalue weighted by Crippen LogP contribution is 2.25. The molecule has 4 aromatic heterocycles. The van der Waals surface area contributed by atoms with Crippen molar-refractivity contribution in [1.82, 2.24) is 34.3 Å². The van der Waals surface area contributed by atoms with Crippen LogP contribution < -0.4 is 11.2 Å². The lowest BCUT2D eigenvalue weighted by Gasteiger charge is -2.06. The number of aromatic nitrogens is 7. The van der Waals surface area contributed by atoms with Gasteiger partial charge in [0.2, 0.25) is 0 Å². The van der Waals surface area contributed by atoms with Crippen molar-refractivity contribution in [2.24, 2.45) is 0 Å². The predicted molar refractivity (Wildman–Crippen MR) is 109 cm³/mol. The van der Waals surface area contributed by atoms with E-state index in [0.29, 0.717) is 46.9 Å². The third kappa shape index (κ3) is 3.65. The number of nitrogens with zero attached hydrogens (tertiary/aromatic N) is 5. The van der Waals surface area contributed by atoms with Gasteiger partial charge in [-0.2, -0.15) is 0 Å². The third-order valence-corrected chi connectivity index (χ3v) is 5.39. The fourth-order valence-corrected chi connectivity index (χ4v) is 3.87. The van der Waals surface area contributed by atoms with E-state index < -0.39 is 11.2 Å². The topological polar surface area (TPSA) is 127 Å². The van der Waals surface area contributed by atoms with Crippen molar-refractivity contribution >= 4 is 22.9 Å². The molecule has 0 saturated carbocycles. The monoisotopic (exact) mass is 415 g/mol. The van der Waals surface area contributed by atoms with E-state index in [1.165, 1.54) is 16.3 Å². The molecule has 2 N–H and O–H groups in total. The van der Waals surface area contributed by atoms with Crippen LogP contribution in [0.1, 0.15) is 32.5 Å². The summed E-state index contributed by atoms with van der Waals surface area (Å²) in [5.74, 6) is 1.51. The SMILES string of the molecule is CCCCn1c(=O)[nH]c(=O)c2c1nc(CSc1nnc(-c3ccc[nH]3)o1)n2CC. The van der Waals surface area contributed by atoms with Crippen LogP contribution in [-0.2, 0) is 18.8 Å². The first kappa shape index (κ1) is 19.2. The second-order valence-electron chi connectivity index (χ2n) is 6.45. The van der Waals surface area contributed by atoms with Crippen LogP contribution in [0.25, 0.3) is 22.7 Å². The molecule has 29 heavy (non-hydrogen) atoms. The molecule has 0 aromatic carbocycles. The summed E-state index contributed by atoms with van der Waals surface area (Å²) < 4.78 is 9.03. The molecule has 0 aliphatic rings. The van der Waals surface area contributed by atoms with Gasteiger partial charge in [0.15, 0.2) is 11.2 Å². The summed E-state index contributed by atoms with van der Waals surface area (Å²) in [5, 5.41) is 8.49. The van der Waals surface area contributed by atoms with E-state index in [0.717, 1.165) is 18.5 Å². The second-order valence-corrected chi connectivity index (χ2v) is 7.38. The molecule has 0 atom stereocenters.